The molecule has 6 heteroatoms. The van der Waals surface area contributed by atoms with E-state index in [9.17, 15) is 4.79 Å². The van der Waals surface area contributed by atoms with Gasteiger partial charge < -0.3 is 0 Å². The number of amides is 1. The van der Waals surface area contributed by atoms with E-state index < -0.39 is 0 Å². The molecule has 0 aliphatic heterocycles. The van der Waals surface area contributed by atoms with Crippen LogP contribution in [0, 0.1) is 6.92 Å². The van der Waals surface area contributed by atoms with E-state index in [2.05, 4.69) is 26.2 Å². The number of aromatic nitrogens is 1. The molecule has 1 heterocycles. The summed E-state index contributed by atoms with van der Waals surface area (Å²) in [6.45, 7) is 4.05. The highest BCUT2D eigenvalue weighted by Crippen LogP contribution is 2.25. The summed E-state index contributed by atoms with van der Waals surface area (Å²) < 4.78 is 0.700. The lowest BCUT2D eigenvalue weighted by atomic mass is 10.2. The zero-order chi connectivity index (χ0) is 14.0. The fourth-order valence-electron chi connectivity index (χ4n) is 1.62. The molecule has 3 nitrogen and oxygen atoms in total. The Bertz CT molecular complexity index is 627. The van der Waals surface area contributed by atoms with Crippen LogP contribution in [-0.2, 0) is 6.42 Å². The van der Waals surface area contributed by atoms with Crippen molar-refractivity contribution in [3.05, 3.63) is 43.8 Å². The molecule has 0 saturated carbocycles. The number of thiazole rings is 1. The van der Waals surface area contributed by atoms with Crippen molar-refractivity contribution in [2.45, 2.75) is 20.3 Å². The second-order valence-electron chi connectivity index (χ2n) is 3.96. The van der Waals surface area contributed by atoms with Crippen molar-refractivity contribution >= 4 is 49.9 Å². The van der Waals surface area contributed by atoms with E-state index in [-0.39, 0.29) is 5.91 Å². The van der Waals surface area contributed by atoms with Crippen LogP contribution in [0.15, 0.2) is 22.7 Å². The summed E-state index contributed by atoms with van der Waals surface area (Å²) in [5, 5.41) is 4.01. The van der Waals surface area contributed by atoms with Gasteiger partial charge in [0.05, 0.1) is 10.7 Å². The topological polar surface area (TPSA) is 42.0 Å². The van der Waals surface area contributed by atoms with Crippen LogP contribution in [-0.4, -0.2) is 10.9 Å². The summed E-state index contributed by atoms with van der Waals surface area (Å²) in [4.78, 5) is 17.6. The second-order valence-corrected chi connectivity index (χ2v) is 6.42. The van der Waals surface area contributed by atoms with Gasteiger partial charge in [0.1, 0.15) is 0 Å². The highest BCUT2D eigenvalue weighted by Gasteiger charge is 2.12. The van der Waals surface area contributed by atoms with Crippen LogP contribution in [0.2, 0.25) is 5.02 Å². The van der Waals surface area contributed by atoms with Crippen LogP contribution in [0.4, 0.5) is 5.13 Å². The number of anilines is 1. The van der Waals surface area contributed by atoms with Gasteiger partial charge in [0.2, 0.25) is 0 Å². The molecule has 0 bridgehead atoms. The van der Waals surface area contributed by atoms with Crippen molar-refractivity contribution in [2.75, 3.05) is 5.32 Å². The van der Waals surface area contributed by atoms with Gasteiger partial charge in [0.25, 0.3) is 5.91 Å². The number of halogens is 2. The standard InChI is InChI=1S/C13H12BrClN2OS/c1-3-11-7(2)19-13(16-11)17-12(18)8-4-5-10(15)9(14)6-8/h4-6H,3H2,1-2H3,(H,16,17,18). The third-order valence-corrected chi connectivity index (χ3v) is 4.77. The molecule has 19 heavy (non-hydrogen) atoms. The number of aryl methyl sites for hydroxylation is 2. The quantitative estimate of drug-likeness (QED) is 0.864. The van der Waals surface area contributed by atoms with Crippen molar-refractivity contribution in [1.82, 2.24) is 4.98 Å². The molecule has 0 radical (unpaired) electrons. The molecule has 1 amide bonds. The van der Waals surface area contributed by atoms with Gasteiger partial charge in [-0.25, -0.2) is 4.98 Å². The van der Waals surface area contributed by atoms with Gasteiger partial charge in [-0.3, -0.25) is 10.1 Å². The molecule has 0 atom stereocenters. The SMILES string of the molecule is CCc1nc(NC(=O)c2ccc(Cl)c(Br)c2)sc1C. The van der Waals surface area contributed by atoms with E-state index in [1.165, 1.54) is 11.3 Å². The molecule has 0 unspecified atom stereocenters. The van der Waals surface area contributed by atoms with E-state index in [4.69, 9.17) is 11.6 Å². The summed E-state index contributed by atoms with van der Waals surface area (Å²) in [6, 6.07) is 5.06. The van der Waals surface area contributed by atoms with Gasteiger partial charge in [-0.1, -0.05) is 18.5 Å². The first-order valence-electron chi connectivity index (χ1n) is 5.74. The van der Waals surface area contributed by atoms with Crippen LogP contribution in [0.1, 0.15) is 27.9 Å². The molecule has 0 aliphatic carbocycles. The monoisotopic (exact) mass is 358 g/mol. The van der Waals surface area contributed by atoms with Gasteiger partial charge in [0, 0.05) is 14.9 Å². The number of nitrogens with one attached hydrogen (secondary N) is 1. The number of nitrogens with zero attached hydrogens (tertiary/aromatic N) is 1. The molecule has 2 aromatic rings. The first-order valence-corrected chi connectivity index (χ1v) is 7.72. The third kappa shape index (κ3) is 3.35. The Kier molecular flexibility index (Phi) is 4.60. The minimum atomic E-state index is -0.186. The van der Waals surface area contributed by atoms with Crippen molar-refractivity contribution in [2.24, 2.45) is 0 Å². The molecule has 0 spiro atoms. The van der Waals surface area contributed by atoms with Crippen LogP contribution in [0.3, 0.4) is 0 Å². The Morgan fingerprint density at radius 1 is 1.53 bits per heavy atom. The Balaban J connectivity index is 2.18. The normalized spacial score (nSPS) is 10.5. The van der Waals surface area contributed by atoms with Gasteiger partial charge in [0.15, 0.2) is 5.13 Å². The summed E-state index contributed by atoms with van der Waals surface area (Å²) in [5.41, 5.74) is 1.57. The molecule has 100 valence electrons. The smallest absolute Gasteiger partial charge is 0.257 e. The van der Waals surface area contributed by atoms with Crippen molar-refractivity contribution in [1.29, 1.82) is 0 Å². The van der Waals surface area contributed by atoms with E-state index >= 15 is 0 Å². The van der Waals surface area contributed by atoms with E-state index in [1.54, 1.807) is 18.2 Å². The predicted octanol–water partition coefficient (Wildman–Crippen LogP) is 4.68. The maximum atomic E-state index is 12.1. The molecule has 1 aromatic carbocycles. The van der Waals surface area contributed by atoms with Crippen LogP contribution < -0.4 is 5.32 Å². The summed E-state index contributed by atoms with van der Waals surface area (Å²) >= 11 is 10.7. The lowest BCUT2D eigenvalue weighted by Crippen LogP contribution is -2.11. The largest absolute Gasteiger partial charge is 0.298 e. The van der Waals surface area contributed by atoms with Gasteiger partial charge in [-0.2, -0.15) is 0 Å². The number of hydrogen-bond donors (Lipinski definition) is 1. The van der Waals surface area contributed by atoms with Crippen molar-refractivity contribution < 1.29 is 4.79 Å². The molecule has 0 aliphatic rings. The van der Waals surface area contributed by atoms with Crippen LogP contribution in [0.5, 0.6) is 0 Å². The highest BCUT2D eigenvalue weighted by molar-refractivity contribution is 9.10. The van der Waals surface area contributed by atoms with Gasteiger partial charge in [-0.05, 0) is 47.5 Å². The zero-order valence-electron chi connectivity index (χ0n) is 10.5. The lowest BCUT2D eigenvalue weighted by Gasteiger charge is -2.03. The molecular formula is C13H12BrClN2OS. The number of rotatable bonds is 3. The molecule has 0 saturated heterocycles. The number of benzene rings is 1. The van der Waals surface area contributed by atoms with Crippen LogP contribution in [0.25, 0.3) is 0 Å². The van der Waals surface area contributed by atoms with Crippen molar-refractivity contribution in [3.63, 3.8) is 0 Å². The molecule has 0 fully saturated rings. The Morgan fingerprint density at radius 3 is 2.84 bits per heavy atom. The first-order chi connectivity index (χ1) is 9.01. The van der Waals surface area contributed by atoms with E-state index in [0.29, 0.717) is 20.2 Å². The third-order valence-electron chi connectivity index (χ3n) is 2.63. The van der Waals surface area contributed by atoms with E-state index in [0.717, 1.165) is 17.0 Å². The van der Waals surface area contributed by atoms with Crippen molar-refractivity contribution in [3.8, 4) is 0 Å². The minimum absolute atomic E-state index is 0.186. The second kappa shape index (κ2) is 6.03. The summed E-state index contributed by atoms with van der Waals surface area (Å²) in [6.07, 6.45) is 0.866. The molecule has 1 aromatic heterocycles. The maximum absolute atomic E-state index is 12.1. The molecule has 2 rings (SSSR count). The summed E-state index contributed by atoms with van der Waals surface area (Å²) in [7, 11) is 0. The Labute approximate surface area is 129 Å². The first kappa shape index (κ1) is 14.5. The van der Waals surface area contributed by atoms with Gasteiger partial charge >= 0.3 is 0 Å². The minimum Gasteiger partial charge on any atom is -0.298 e. The number of carbonyl (C=O) groups excluding carboxylic acids is 1. The Morgan fingerprint density at radius 2 is 2.26 bits per heavy atom. The Hall–Kier alpha value is -0.910. The predicted molar refractivity (Wildman–Crippen MR) is 83.3 cm³/mol. The number of carbonyl (C=O) groups is 1. The van der Waals surface area contributed by atoms with E-state index in [1.807, 2.05) is 13.8 Å². The van der Waals surface area contributed by atoms with Crippen LogP contribution >= 0.6 is 38.9 Å². The molecule has 1 N–H and O–H groups in total. The maximum Gasteiger partial charge on any atom is 0.257 e. The average Bonchev–Trinajstić information content (AvgIpc) is 2.72. The number of hydrogen-bond acceptors (Lipinski definition) is 3. The lowest BCUT2D eigenvalue weighted by molar-refractivity contribution is 0.102. The highest BCUT2D eigenvalue weighted by atomic mass is 79.9. The zero-order valence-corrected chi connectivity index (χ0v) is 13.6. The fourth-order valence-corrected chi connectivity index (χ4v) is 3.01. The molecular weight excluding hydrogens is 348 g/mol. The average molecular weight is 360 g/mol. The van der Waals surface area contributed by atoms with Gasteiger partial charge in [-0.15, -0.1) is 11.3 Å². The fraction of sp³-hybridized carbons (Fsp3) is 0.231. The summed E-state index contributed by atoms with van der Waals surface area (Å²) in [5.74, 6) is -0.186.